The van der Waals surface area contributed by atoms with E-state index < -0.39 is 0 Å². The molecule has 2 rings (SSSR count). The quantitative estimate of drug-likeness (QED) is 0.343. The van der Waals surface area contributed by atoms with Crippen LogP contribution in [0.5, 0.6) is 11.5 Å². The third-order valence-corrected chi connectivity index (χ3v) is 5.15. The first kappa shape index (κ1) is 23.3. The number of unbranched alkanes of at least 4 members (excludes halogenated alkanes) is 3. The van der Waals surface area contributed by atoms with Gasteiger partial charge in [-0.2, -0.15) is 0 Å². The molecule has 1 N–H and O–H groups in total. The number of hydrogen-bond donors (Lipinski definition) is 1. The average molecular weight is 462 g/mol. The Hall–Kier alpha value is -2.01. The molecule has 0 saturated carbocycles. The normalized spacial score (nSPS) is 10.8. The molecular weight excluding hydrogens is 430 g/mol. The van der Waals surface area contributed by atoms with Gasteiger partial charge >= 0.3 is 0 Å². The van der Waals surface area contributed by atoms with Gasteiger partial charge in [0.25, 0.3) is 5.91 Å². The molecule has 29 heavy (non-hydrogen) atoms. The van der Waals surface area contributed by atoms with Gasteiger partial charge in [0.15, 0.2) is 0 Å². The highest BCUT2D eigenvalue weighted by molar-refractivity contribution is 9.10. The highest BCUT2D eigenvalue weighted by Crippen LogP contribution is 2.27. The number of rotatable bonds is 12. The molecule has 1 amide bonds. The summed E-state index contributed by atoms with van der Waals surface area (Å²) in [6.45, 7) is 7.93. The summed E-state index contributed by atoms with van der Waals surface area (Å²) in [4.78, 5) is 12.5. The lowest BCUT2D eigenvalue weighted by Crippen LogP contribution is -2.12. The van der Waals surface area contributed by atoms with Crippen LogP contribution in [0.25, 0.3) is 0 Å². The summed E-state index contributed by atoms with van der Waals surface area (Å²) in [5.41, 5.74) is 1.31. The third kappa shape index (κ3) is 8.48. The summed E-state index contributed by atoms with van der Waals surface area (Å²) in [7, 11) is 0. The first-order valence-electron chi connectivity index (χ1n) is 10.5. The van der Waals surface area contributed by atoms with E-state index in [-0.39, 0.29) is 5.91 Å². The zero-order chi connectivity index (χ0) is 21.1. The third-order valence-electron chi connectivity index (χ3n) is 4.53. The molecule has 158 valence electrons. The fourth-order valence-corrected chi connectivity index (χ4v) is 3.21. The molecule has 0 aromatic heterocycles. The summed E-state index contributed by atoms with van der Waals surface area (Å²) < 4.78 is 12.3. The van der Waals surface area contributed by atoms with E-state index in [4.69, 9.17) is 9.47 Å². The van der Waals surface area contributed by atoms with Crippen LogP contribution >= 0.6 is 15.9 Å². The van der Waals surface area contributed by atoms with Crippen molar-refractivity contribution in [3.8, 4) is 11.5 Å². The fraction of sp³-hybridized carbons (Fsp3) is 0.458. The van der Waals surface area contributed by atoms with E-state index in [1.807, 2.05) is 30.3 Å². The summed E-state index contributed by atoms with van der Waals surface area (Å²) in [5.74, 6) is 2.03. The maximum absolute atomic E-state index is 12.5. The zero-order valence-corrected chi connectivity index (χ0v) is 19.3. The number of nitrogens with one attached hydrogen (secondary N) is 1. The molecule has 2 aromatic rings. The summed E-state index contributed by atoms with van der Waals surface area (Å²) in [6, 6.07) is 12.9. The van der Waals surface area contributed by atoms with Gasteiger partial charge in [0.2, 0.25) is 0 Å². The molecule has 0 aliphatic rings. The Morgan fingerprint density at radius 1 is 1.00 bits per heavy atom. The maximum Gasteiger partial charge on any atom is 0.255 e. The minimum Gasteiger partial charge on any atom is -0.494 e. The number of amides is 1. The van der Waals surface area contributed by atoms with Crippen molar-refractivity contribution >= 4 is 27.5 Å². The number of halogens is 1. The molecule has 4 nitrogen and oxygen atoms in total. The molecular formula is C24H32BrNO3. The van der Waals surface area contributed by atoms with E-state index in [2.05, 4.69) is 42.0 Å². The van der Waals surface area contributed by atoms with E-state index in [1.54, 1.807) is 12.1 Å². The van der Waals surface area contributed by atoms with Crippen molar-refractivity contribution in [2.75, 3.05) is 18.5 Å². The van der Waals surface area contributed by atoms with E-state index in [0.29, 0.717) is 24.7 Å². The Kier molecular flexibility index (Phi) is 10.1. The topological polar surface area (TPSA) is 47.6 Å². The molecule has 0 fully saturated rings. The highest BCUT2D eigenvalue weighted by Gasteiger charge is 2.10. The minimum atomic E-state index is -0.159. The van der Waals surface area contributed by atoms with Crippen molar-refractivity contribution in [3.05, 3.63) is 52.5 Å². The van der Waals surface area contributed by atoms with Crippen molar-refractivity contribution in [1.29, 1.82) is 0 Å². The molecule has 0 spiro atoms. The second kappa shape index (κ2) is 12.5. The number of carbonyl (C=O) groups is 1. The van der Waals surface area contributed by atoms with E-state index >= 15 is 0 Å². The van der Waals surface area contributed by atoms with Gasteiger partial charge in [-0.3, -0.25) is 4.79 Å². The lowest BCUT2D eigenvalue weighted by atomic mass is 10.1. The van der Waals surface area contributed by atoms with Gasteiger partial charge in [0, 0.05) is 11.3 Å². The molecule has 0 aliphatic carbocycles. The Balaban J connectivity index is 1.86. The van der Waals surface area contributed by atoms with Gasteiger partial charge in [-0.25, -0.2) is 0 Å². The van der Waals surface area contributed by atoms with Crippen LogP contribution in [0.15, 0.2) is 46.9 Å². The van der Waals surface area contributed by atoms with Crippen molar-refractivity contribution in [3.63, 3.8) is 0 Å². The van der Waals surface area contributed by atoms with Gasteiger partial charge in [0.1, 0.15) is 11.5 Å². The second-order valence-electron chi connectivity index (χ2n) is 7.56. The lowest BCUT2D eigenvalue weighted by Gasteiger charge is -2.11. The Morgan fingerprint density at radius 3 is 2.41 bits per heavy atom. The first-order chi connectivity index (χ1) is 14.0. The fourth-order valence-electron chi connectivity index (χ4n) is 2.72. The van der Waals surface area contributed by atoms with Crippen LogP contribution in [0.3, 0.4) is 0 Å². The van der Waals surface area contributed by atoms with Gasteiger partial charge in [-0.05, 0) is 77.2 Å². The number of anilines is 1. The van der Waals surface area contributed by atoms with Crippen LogP contribution in [-0.2, 0) is 0 Å². The smallest absolute Gasteiger partial charge is 0.255 e. The predicted molar refractivity (Wildman–Crippen MR) is 123 cm³/mol. The van der Waals surface area contributed by atoms with Crippen LogP contribution in [0.2, 0.25) is 0 Å². The highest BCUT2D eigenvalue weighted by atomic mass is 79.9. The summed E-state index contributed by atoms with van der Waals surface area (Å²) in [6.07, 6.45) is 5.68. The van der Waals surface area contributed by atoms with E-state index in [9.17, 15) is 4.79 Å². The Bertz CT molecular complexity index is 759. The predicted octanol–water partition coefficient (Wildman–Crippen LogP) is 7.09. The zero-order valence-electron chi connectivity index (χ0n) is 17.7. The molecule has 0 aliphatic heterocycles. The van der Waals surface area contributed by atoms with Crippen molar-refractivity contribution in [1.82, 2.24) is 0 Å². The molecule has 0 unspecified atom stereocenters. The van der Waals surface area contributed by atoms with Crippen LogP contribution in [-0.4, -0.2) is 19.1 Å². The standard InChI is InChI=1S/C24H32BrNO3/c1-4-5-6-7-15-29-23-13-8-19(17-22(23)25)24(27)26-20-9-11-21(12-10-20)28-16-14-18(2)3/h8-13,17-18H,4-7,14-16H2,1-3H3,(H,26,27). The molecule has 2 aromatic carbocycles. The van der Waals surface area contributed by atoms with Gasteiger partial charge in [0.05, 0.1) is 17.7 Å². The molecule has 0 saturated heterocycles. The summed E-state index contributed by atoms with van der Waals surface area (Å²) >= 11 is 3.51. The van der Waals surface area contributed by atoms with E-state index in [0.717, 1.165) is 34.5 Å². The van der Waals surface area contributed by atoms with Crippen LogP contribution < -0.4 is 14.8 Å². The Labute approximate surface area is 183 Å². The monoisotopic (exact) mass is 461 g/mol. The first-order valence-corrected chi connectivity index (χ1v) is 11.3. The SMILES string of the molecule is CCCCCCOc1ccc(C(=O)Nc2ccc(OCCC(C)C)cc2)cc1Br. The van der Waals surface area contributed by atoms with Crippen LogP contribution in [0.4, 0.5) is 5.69 Å². The minimum absolute atomic E-state index is 0.159. The largest absolute Gasteiger partial charge is 0.494 e. The molecule has 0 radical (unpaired) electrons. The average Bonchev–Trinajstić information content (AvgIpc) is 2.70. The Morgan fingerprint density at radius 2 is 1.76 bits per heavy atom. The molecule has 0 bridgehead atoms. The number of ether oxygens (including phenoxy) is 2. The summed E-state index contributed by atoms with van der Waals surface area (Å²) in [5, 5.41) is 2.92. The van der Waals surface area contributed by atoms with Crippen LogP contribution in [0, 0.1) is 5.92 Å². The number of benzene rings is 2. The van der Waals surface area contributed by atoms with Gasteiger partial charge < -0.3 is 14.8 Å². The van der Waals surface area contributed by atoms with E-state index in [1.165, 1.54) is 19.3 Å². The van der Waals surface area contributed by atoms with Gasteiger partial charge in [-0.1, -0.05) is 40.0 Å². The number of hydrogen-bond acceptors (Lipinski definition) is 3. The van der Waals surface area contributed by atoms with Crippen molar-refractivity contribution in [2.24, 2.45) is 5.92 Å². The van der Waals surface area contributed by atoms with Crippen molar-refractivity contribution < 1.29 is 14.3 Å². The maximum atomic E-state index is 12.5. The molecule has 0 atom stereocenters. The van der Waals surface area contributed by atoms with Gasteiger partial charge in [-0.15, -0.1) is 0 Å². The molecule has 0 heterocycles. The van der Waals surface area contributed by atoms with Crippen molar-refractivity contribution in [2.45, 2.75) is 52.9 Å². The van der Waals surface area contributed by atoms with Crippen LogP contribution in [0.1, 0.15) is 63.2 Å². The second-order valence-corrected chi connectivity index (χ2v) is 8.42. The molecule has 5 heteroatoms. The number of carbonyl (C=O) groups excluding carboxylic acids is 1. The lowest BCUT2D eigenvalue weighted by molar-refractivity contribution is 0.102.